The normalized spacial score (nSPS) is 23.6. The fourth-order valence-electron chi connectivity index (χ4n) is 2.05. The molecule has 1 aliphatic heterocycles. The van der Waals surface area contributed by atoms with Gasteiger partial charge in [0.05, 0.1) is 5.92 Å². The van der Waals surface area contributed by atoms with Crippen molar-refractivity contribution in [1.82, 2.24) is 5.32 Å². The van der Waals surface area contributed by atoms with Crippen molar-refractivity contribution in [3.8, 4) is 0 Å². The van der Waals surface area contributed by atoms with E-state index < -0.39 is 0 Å². The minimum absolute atomic E-state index is 0.00866. The summed E-state index contributed by atoms with van der Waals surface area (Å²) in [6, 6.07) is 6.47. The molecular weight excluding hydrogens is 221 g/mol. The van der Waals surface area contributed by atoms with Crippen LogP contribution < -0.4 is 5.32 Å². The Morgan fingerprint density at radius 1 is 1.53 bits per heavy atom. The van der Waals surface area contributed by atoms with Crippen LogP contribution in [0.1, 0.15) is 18.9 Å². The lowest BCUT2D eigenvalue weighted by Crippen LogP contribution is -2.29. The van der Waals surface area contributed by atoms with Crippen LogP contribution in [-0.4, -0.2) is 18.6 Å². The van der Waals surface area contributed by atoms with E-state index in [9.17, 15) is 9.18 Å². The molecule has 0 spiro atoms. The second-order valence-electron chi connectivity index (χ2n) is 4.34. The Hall–Kier alpha value is -1.42. The zero-order chi connectivity index (χ0) is 12.3. The molecule has 1 N–H and O–H groups in total. The average molecular weight is 237 g/mol. The summed E-state index contributed by atoms with van der Waals surface area (Å²) in [5.74, 6) is -0.689. The monoisotopic (exact) mass is 237 g/mol. The maximum Gasteiger partial charge on any atom is 0.310 e. The first-order chi connectivity index (χ1) is 8.18. The van der Waals surface area contributed by atoms with Crippen LogP contribution >= 0.6 is 0 Å². The van der Waals surface area contributed by atoms with Crippen molar-refractivity contribution in [2.75, 3.05) is 6.54 Å². The zero-order valence-corrected chi connectivity index (χ0v) is 9.78. The predicted octanol–water partition coefficient (Wildman–Crippen LogP) is 1.87. The zero-order valence-electron chi connectivity index (χ0n) is 9.78. The molecule has 0 amide bonds. The van der Waals surface area contributed by atoms with Crippen LogP contribution in [0.25, 0.3) is 0 Å². The number of ether oxygens (including phenoxy) is 1. The molecule has 1 aromatic carbocycles. The molecule has 0 aliphatic carbocycles. The lowest BCUT2D eigenvalue weighted by atomic mass is 10.0. The van der Waals surface area contributed by atoms with Gasteiger partial charge in [0.15, 0.2) is 0 Å². The molecule has 2 rings (SSSR count). The maximum absolute atomic E-state index is 13.3. The van der Waals surface area contributed by atoms with Crippen molar-refractivity contribution in [3.05, 3.63) is 35.6 Å². The Balaban J connectivity index is 1.90. The first-order valence-corrected chi connectivity index (χ1v) is 5.82. The second kappa shape index (κ2) is 5.27. The van der Waals surface area contributed by atoms with Crippen LogP contribution in [-0.2, 0) is 16.1 Å². The number of benzene rings is 1. The molecule has 1 heterocycles. The molecule has 3 nitrogen and oxygen atoms in total. The molecule has 0 aromatic heterocycles. The standard InChI is InChI=1S/C13H16FNO2/c1-9-11(6-7-15-9)13(16)17-8-10-4-2-3-5-12(10)14/h2-5,9,11,15H,6-8H2,1H3. The SMILES string of the molecule is CC1NCCC1C(=O)OCc1ccccc1F. The van der Waals surface area contributed by atoms with Gasteiger partial charge in [0, 0.05) is 11.6 Å². The summed E-state index contributed by atoms with van der Waals surface area (Å²) in [5.41, 5.74) is 0.416. The van der Waals surface area contributed by atoms with E-state index in [1.165, 1.54) is 6.07 Å². The highest BCUT2D eigenvalue weighted by Gasteiger charge is 2.30. The first kappa shape index (κ1) is 12.0. The van der Waals surface area contributed by atoms with Crippen LogP contribution in [0.5, 0.6) is 0 Å². The van der Waals surface area contributed by atoms with Crippen LogP contribution in [0.3, 0.4) is 0 Å². The smallest absolute Gasteiger partial charge is 0.310 e. The van der Waals surface area contributed by atoms with Gasteiger partial charge in [-0.25, -0.2) is 4.39 Å². The van der Waals surface area contributed by atoms with E-state index >= 15 is 0 Å². The molecule has 2 unspecified atom stereocenters. The molecule has 92 valence electrons. The predicted molar refractivity (Wildman–Crippen MR) is 61.8 cm³/mol. The van der Waals surface area contributed by atoms with Crippen molar-refractivity contribution in [2.45, 2.75) is 26.0 Å². The van der Waals surface area contributed by atoms with Gasteiger partial charge < -0.3 is 10.1 Å². The van der Waals surface area contributed by atoms with Crippen LogP contribution in [0.4, 0.5) is 4.39 Å². The van der Waals surface area contributed by atoms with Crippen LogP contribution in [0.15, 0.2) is 24.3 Å². The third-order valence-electron chi connectivity index (χ3n) is 3.16. The molecule has 1 aliphatic rings. The Kier molecular flexibility index (Phi) is 3.74. The average Bonchev–Trinajstić information content (AvgIpc) is 2.74. The van der Waals surface area contributed by atoms with Gasteiger partial charge in [0.25, 0.3) is 0 Å². The van der Waals surface area contributed by atoms with Crippen molar-refractivity contribution in [1.29, 1.82) is 0 Å². The summed E-state index contributed by atoms with van der Waals surface area (Å²) in [4.78, 5) is 11.8. The summed E-state index contributed by atoms with van der Waals surface area (Å²) in [6.45, 7) is 2.80. The van der Waals surface area contributed by atoms with Gasteiger partial charge in [-0.3, -0.25) is 4.79 Å². The van der Waals surface area contributed by atoms with E-state index in [1.807, 2.05) is 6.92 Å². The number of esters is 1. The summed E-state index contributed by atoms with van der Waals surface area (Å²) < 4.78 is 18.4. The number of halogens is 1. The summed E-state index contributed by atoms with van der Waals surface area (Å²) in [6.07, 6.45) is 0.789. The van der Waals surface area contributed by atoms with Crippen molar-refractivity contribution in [3.63, 3.8) is 0 Å². The molecule has 1 saturated heterocycles. The molecular formula is C13H16FNO2. The Morgan fingerprint density at radius 3 is 2.94 bits per heavy atom. The van der Waals surface area contributed by atoms with E-state index in [-0.39, 0.29) is 30.4 Å². The number of rotatable bonds is 3. The highest BCUT2D eigenvalue weighted by Crippen LogP contribution is 2.18. The Labute approximate surface area is 100.0 Å². The summed E-state index contributed by atoms with van der Waals surface area (Å²) >= 11 is 0. The quantitative estimate of drug-likeness (QED) is 0.815. The van der Waals surface area contributed by atoms with Gasteiger partial charge in [-0.15, -0.1) is 0 Å². The summed E-state index contributed by atoms with van der Waals surface area (Å²) in [7, 11) is 0. The number of hydrogen-bond donors (Lipinski definition) is 1. The lowest BCUT2D eigenvalue weighted by molar-refractivity contribution is -0.150. The molecule has 0 bridgehead atoms. The molecule has 0 saturated carbocycles. The van der Waals surface area contributed by atoms with Crippen molar-refractivity contribution < 1.29 is 13.9 Å². The molecule has 17 heavy (non-hydrogen) atoms. The van der Waals surface area contributed by atoms with Crippen molar-refractivity contribution in [2.24, 2.45) is 5.92 Å². The third-order valence-corrected chi connectivity index (χ3v) is 3.16. The highest BCUT2D eigenvalue weighted by molar-refractivity contribution is 5.73. The van der Waals surface area contributed by atoms with Gasteiger partial charge in [0.1, 0.15) is 12.4 Å². The van der Waals surface area contributed by atoms with Gasteiger partial charge in [-0.2, -0.15) is 0 Å². The van der Waals surface area contributed by atoms with E-state index in [0.717, 1.165) is 13.0 Å². The lowest BCUT2D eigenvalue weighted by Gasteiger charge is -2.14. The van der Waals surface area contributed by atoms with Crippen molar-refractivity contribution >= 4 is 5.97 Å². The van der Waals surface area contributed by atoms with E-state index in [2.05, 4.69) is 5.32 Å². The topological polar surface area (TPSA) is 38.3 Å². The second-order valence-corrected chi connectivity index (χ2v) is 4.34. The molecule has 2 atom stereocenters. The fourth-order valence-corrected chi connectivity index (χ4v) is 2.05. The number of nitrogens with one attached hydrogen (secondary N) is 1. The minimum atomic E-state index is -0.335. The van der Waals surface area contributed by atoms with Gasteiger partial charge in [0.2, 0.25) is 0 Å². The van der Waals surface area contributed by atoms with Gasteiger partial charge >= 0.3 is 5.97 Å². The fraction of sp³-hybridized carbons (Fsp3) is 0.462. The van der Waals surface area contributed by atoms with E-state index in [0.29, 0.717) is 5.56 Å². The summed E-state index contributed by atoms with van der Waals surface area (Å²) in [5, 5.41) is 3.19. The molecule has 4 heteroatoms. The van der Waals surface area contributed by atoms with Gasteiger partial charge in [-0.05, 0) is 26.0 Å². The molecule has 1 fully saturated rings. The Morgan fingerprint density at radius 2 is 2.29 bits per heavy atom. The highest BCUT2D eigenvalue weighted by atomic mass is 19.1. The maximum atomic E-state index is 13.3. The number of hydrogen-bond acceptors (Lipinski definition) is 3. The molecule has 1 aromatic rings. The first-order valence-electron chi connectivity index (χ1n) is 5.82. The van der Waals surface area contributed by atoms with Crippen LogP contribution in [0, 0.1) is 11.7 Å². The van der Waals surface area contributed by atoms with E-state index in [4.69, 9.17) is 4.74 Å². The largest absolute Gasteiger partial charge is 0.460 e. The molecule has 0 radical (unpaired) electrons. The Bertz CT molecular complexity index is 408. The van der Waals surface area contributed by atoms with Gasteiger partial charge in [-0.1, -0.05) is 18.2 Å². The number of carbonyl (C=O) groups excluding carboxylic acids is 1. The number of carbonyl (C=O) groups is 1. The van der Waals surface area contributed by atoms with E-state index in [1.54, 1.807) is 18.2 Å². The third kappa shape index (κ3) is 2.82. The van der Waals surface area contributed by atoms with Crippen LogP contribution in [0.2, 0.25) is 0 Å². The minimum Gasteiger partial charge on any atom is -0.460 e.